The third kappa shape index (κ3) is 3.57. The highest BCUT2D eigenvalue weighted by atomic mass is 16.4. The van der Waals surface area contributed by atoms with Crippen LogP contribution < -0.4 is 4.90 Å². The molecule has 0 atom stereocenters. The van der Waals surface area contributed by atoms with Crippen LogP contribution in [0.5, 0.6) is 0 Å². The van der Waals surface area contributed by atoms with Crippen molar-refractivity contribution in [3.8, 4) is 0 Å². The lowest BCUT2D eigenvalue weighted by atomic mass is 9.82. The van der Waals surface area contributed by atoms with E-state index in [0.29, 0.717) is 0 Å². The van der Waals surface area contributed by atoms with Crippen LogP contribution >= 0.6 is 0 Å². The Balaban J connectivity index is 2.15. The second kappa shape index (κ2) is 6.73. The van der Waals surface area contributed by atoms with Crippen molar-refractivity contribution in [3.63, 3.8) is 0 Å². The third-order valence-electron chi connectivity index (χ3n) is 5.04. The van der Waals surface area contributed by atoms with Gasteiger partial charge in [-0.2, -0.15) is 4.58 Å². The first-order valence-electron chi connectivity index (χ1n) is 8.40. The number of fused-ring (bicyclic) bond motifs is 1. The van der Waals surface area contributed by atoms with E-state index in [1.807, 2.05) is 0 Å². The van der Waals surface area contributed by atoms with Crippen molar-refractivity contribution in [2.75, 3.05) is 25.5 Å². The molecule has 1 aromatic carbocycles. The van der Waals surface area contributed by atoms with Gasteiger partial charge in [0, 0.05) is 51.2 Å². The van der Waals surface area contributed by atoms with E-state index in [1.54, 1.807) is 0 Å². The zero-order valence-electron chi connectivity index (χ0n) is 15.0. The van der Waals surface area contributed by atoms with Gasteiger partial charge in [-0.05, 0) is 38.8 Å². The topological polar surface area (TPSA) is 43.6 Å². The Hall–Kier alpha value is -1.84. The lowest BCUT2D eigenvalue weighted by Crippen LogP contribution is -2.26. The number of nitrogens with zero attached hydrogens (tertiary/aromatic N) is 2. The number of hydrogen-bond donors (Lipinski definition) is 1. The van der Waals surface area contributed by atoms with Crippen LogP contribution in [0.4, 0.5) is 11.4 Å². The molecule has 4 nitrogen and oxygen atoms in total. The maximum absolute atomic E-state index is 10.6. The van der Waals surface area contributed by atoms with Crippen LogP contribution in [0.1, 0.15) is 52.0 Å². The number of unbranched alkanes of at least 4 members (excludes halogenated alkanes) is 2. The van der Waals surface area contributed by atoms with E-state index >= 15 is 0 Å². The Morgan fingerprint density at radius 3 is 2.52 bits per heavy atom. The number of anilines is 1. The third-order valence-corrected chi connectivity index (χ3v) is 5.04. The molecule has 1 N–H and O–H groups in total. The Morgan fingerprint density at radius 1 is 1.22 bits per heavy atom. The molecular weight excluding hydrogens is 288 g/mol. The van der Waals surface area contributed by atoms with Crippen LogP contribution in [0.15, 0.2) is 18.2 Å². The summed E-state index contributed by atoms with van der Waals surface area (Å²) >= 11 is 0. The van der Waals surface area contributed by atoms with Crippen LogP contribution in [0.25, 0.3) is 0 Å². The fraction of sp³-hybridized carbons (Fsp3) is 0.579. The number of benzene rings is 1. The molecule has 0 aromatic heterocycles. The molecule has 0 saturated heterocycles. The number of carbonyl (C=O) groups is 1. The van der Waals surface area contributed by atoms with Crippen molar-refractivity contribution in [1.29, 1.82) is 0 Å². The average Bonchev–Trinajstić information content (AvgIpc) is 2.67. The minimum Gasteiger partial charge on any atom is -0.481 e. The van der Waals surface area contributed by atoms with Gasteiger partial charge < -0.3 is 10.0 Å². The summed E-state index contributed by atoms with van der Waals surface area (Å²) in [6.07, 6.45) is 3.02. The van der Waals surface area contributed by atoms with E-state index in [2.05, 4.69) is 62.5 Å². The smallest absolute Gasteiger partial charge is 0.303 e. The van der Waals surface area contributed by atoms with Crippen molar-refractivity contribution in [3.05, 3.63) is 23.8 Å². The van der Waals surface area contributed by atoms with Crippen LogP contribution in [0.3, 0.4) is 0 Å². The van der Waals surface area contributed by atoms with Gasteiger partial charge in [-0.1, -0.05) is 0 Å². The van der Waals surface area contributed by atoms with E-state index in [4.69, 9.17) is 5.11 Å². The maximum Gasteiger partial charge on any atom is 0.303 e. The molecule has 0 fully saturated rings. The second-order valence-electron chi connectivity index (χ2n) is 7.16. The summed E-state index contributed by atoms with van der Waals surface area (Å²) in [7, 11) is 4.14. The van der Waals surface area contributed by atoms with Gasteiger partial charge in [0.05, 0.1) is 5.41 Å². The van der Waals surface area contributed by atoms with E-state index in [1.165, 1.54) is 22.6 Å². The highest BCUT2D eigenvalue weighted by Crippen LogP contribution is 2.41. The summed E-state index contributed by atoms with van der Waals surface area (Å²) in [5, 5.41) is 8.72. The van der Waals surface area contributed by atoms with Gasteiger partial charge in [0.25, 0.3) is 0 Å². The number of rotatable bonds is 7. The van der Waals surface area contributed by atoms with Crippen molar-refractivity contribution >= 4 is 23.1 Å². The van der Waals surface area contributed by atoms with Gasteiger partial charge >= 0.3 is 5.97 Å². The molecular formula is C19H29N2O2+. The zero-order valence-corrected chi connectivity index (χ0v) is 15.0. The Morgan fingerprint density at radius 2 is 1.91 bits per heavy atom. The molecule has 126 valence electrons. The first-order chi connectivity index (χ1) is 10.7. The molecule has 23 heavy (non-hydrogen) atoms. The Bertz CT molecular complexity index is 630. The lowest BCUT2D eigenvalue weighted by molar-refractivity contribution is -0.439. The lowest BCUT2D eigenvalue weighted by Gasteiger charge is -2.18. The van der Waals surface area contributed by atoms with Gasteiger partial charge in [0.1, 0.15) is 6.54 Å². The van der Waals surface area contributed by atoms with Crippen molar-refractivity contribution in [2.45, 2.75) is 51.9 Å². The van der Waals surface area contributed by atoms with Gasteiger partial charge in [-0.25, -0.2) is 0 Å². The molecule has 2 rings (SSSR count). The first kappa shape index (κ1) is 17.5. The average molecular weight is 317 g/mol. The predicted molar refractivity (Wildman–Crippen MR) is 95.4 cm³/mol. The molecule has 0 unspecified atom stereocenters. The monoisotopic (exact) mass is 317 g/mol. The molecule has 0 aliphatic carbocycles. The number of aliphatic carboxylic acids is 1. The first-order valence-corrected chi connectivity index (χ1v) is 8.40. The van der Waals surface area contributed by atoms with E-state index in [0.717, 1.165) is 25.8 Å². The van der Waals surface area contributed by atoms with Gasteiger partial charge in [-0.15, -0.1) is 0 Å². The summed E-state index contributed by atoms with van der Waals surface area (Å²) in [6, 6.07) is 6.69. The van der Waals surface area contributed by atoms with Crippen LogP contribution in [0.2, 0.25) is 0 Å². The van der Waals surface area contributed by atoms with Crippen molar-refractivity contribution in [1.82, 2.24) is 0 Å². The molecule has 0 radical (unpaired) electrons. The molecule has 1 aromatic rings. The minimum atomic E-state index is -0.698. The van der Waals surface area contributed by atoms with Gasteiger partial charge in [0.2, 0.25) is 5.69 Å². The molecule has 0 amide bonds. The largest absolute Gasteiger partial charge is 0.481 e. The Labute approximate surface area is 139 Å². The Kier molecular flexibility index (Phi) is 5.12. The fourth-order valence-electron chi connectivity index (χ4n) is 3.26. The summed E-state index contributed by atoms with van der Waals surface area (Å²) in [5.74, 6) is -0.698. The van der Waals surface area contributed by atoms with E-state index < -0.39 is 5.97 Å². The minimum absolute atomic E-state index is 0.0441. The number of carboxylic acid groups (broad SMARTS) is 1. The number of carboxylic acids is 1. The summed E-state index contributed by atoms with van der Waals surface area (Å²) in [4.78, 5) is 12.7. The normalized spacial score (nSPS) is 15.7. The van der Waals surface area contributed by atoms with Crippen LogP contribution in [-0.2, 0) is 10.2 Å². The molecule has 1 aliphatic rings. The molecule has 1 heterocycles. The highest BCUT2D eigenvalue weighted by Gasteiger charge is 2.42. The summed E-state index contributed by atoms with van der Waals surface area (Å²) in [5.41, 5.74) is 5.33. The number of hydrogen-bond acceptors (Lipinski definition) is 2. The van der Waals surface area contributed by atoms with Gasteiger partial charge in [-0.3, -0.25) is 4.79 Å². The molecule has 0 spiro atoms. The molecule has 0 bridgehead atoms. The molecule has 1 aliphatic heterocycles. The second-order valence-corrected chi connectivity index (χ2v) is 7.16. The van der Waals surface area contributed by atoms with Crippen LogP contribution in [0, 0.1) is 0 Å². The summed E-state index contributed by atoms with van der Waals surface area (Å²) in [6.45, 7) is 7.74. The van der Waals surface area contributed by atoms with Gasteiger partial charge in [0.15, 0.2) is 5.71 Å². The predicted octanol–water partition coefficient (Wildman–Crippen LogP) is 3.79. The van der Waals surface area contributed by atoms with E-state index in [-0.39, 0.29) is 11.8 Å². The van der Waals surface area contributed by atoms with E-state index in [9.17, 15) is 4.79 Å². The molecule has 0 saturated carbocycles. The highest BCUT2D eigenvalue weighted by molar-refractivity contribution is 5.93. The standard InChI is InChI=1S/C19H28N2O2/c1-14-19(2,3)16-13-15(20(4)5)10-11-17(16)21(14)12-8-6-7-9-18(22)23/h10-11,13H,6-9,12H2,1-5H3/p+1. The maximum atomic E-state index is 10.6. The summed E-state index contributed by atoms with van der Waals surface area (Å²) < 4.78 is 2.41. The fourth-order valence-corrected chi connectivity index (χ4v) is 3.26. The zero-order chi connectivity index (χ0) is 17.2. The van der Waals surface area contributed by atoms with Crippen molar-refractivity contribution in [2.24, 2.45) is 0 Å². The van der Waals surface area contributed by atoms with Crippen molar-refractivity contribution < 1.29 is 14.5 Å². The molecule has 4 heteroatoms. The van der Waals surface area contributed by atoms with Crippen LogP contribution in [-0.4, -0.2) is 42.0 Å². The SMILES string of the molecule is CC1=[N+](CCCCCC(=O)O)c2ccc(N(C)C)cc2C1(C)C. The quantitative estimate of drug-likeness (QED) is 0.614.